The molecule has 0 radical (unpaired) electrons. The fourth-order valence-corrected chi connectivity index (χ4v) is 1.67. The zero-order chi connectivity index (χ0) is 12.8. The Kier molecular flexibility index (Phi) is 6.88. The Bertz CT molecular complexity index is 455. The van der Waals surface area contributed by atoms with Gasteiger partial charge in [-0.25, -0.2) is 0 Å². The highest BCUT2D eigenvalue weighted by Crippen LogP contribution is 2.36. The van der Waals surface area contributed by atoms with E-state index in [1.165, 1.54) is 7.11 Å². The number of benzene rings is 1. The van der Waals surface area contributed by atoms with Crippen LogP contribution in [-0.2, 0) is 0 Å². The van der Waals surface area contributed by atoms with Gasteiger partial charge in [-0.15, -0.1) is 19.0 Å². The standard InChI is InChI=1S/C13H16N2O2.ClH/c1-3-4-5-10(15)12-9(8-14)6-7-11(17-2)13(12)16;/h3,6-7,10,16H,1,4-5,15H2,2H3;1H/t10-;/m0./s1. The summed E-state index contributed by atoms with van der Waals surface area (Å²) in [6.45, 7) is 3.62. The van der Waals surface area contributed by atoms with E-state index in [4.69, 9.17) is 15.7 Å². The van der Waals surface area contributed by atoms with Gasteiger partial charge in [0.1, 0.15) is 0 Å². The van der Waals surface area contributed by atoms with Crippen molar-refractivity contribution in [3.63, 3.8) is 0 Å². The minimum Gasteiger partial charge on any atom is -0.504 e. The fourth-order valence-electron chi connectivity index (χ4n) is 1.67. The monoisotopic (exact) mass is 268 g/mol. The van der Waals surface area contributed by atoms with Crippen LogP contribution in [0.3, 0.4) is 0 Å². The van der Waals surface area contributed by atoms with Gasteiger partial charge >= 0.3 is 0 Å². The average molecular weight is 269 g/mol. The maximum atomic E-state index is 9.99. The Morgan fingerprint density at radius 3 is 2.78 bits per heavy atom. The molecule has 0 aromatic heterocycles. The van der Waals surface area contributed by atoms with Gasteiger partial charge in [-0.05, 0) is 25.0 Å². The molecule has 0 heterocycles. The van der Waals surface area contributed by atoms with E-state index in [-0.39, 0.29) is 18.2 Å². The molecule has 0 saturated carbocycles. The van der Waals surface area contributed by atoms with Crippen LogP contribution in [-0.4, -0.2) is 12.2 Å². The van der Waals surface area contributed by atoms with Crippen molar-refractivity contribution in [1.82, 2.24) is 0 Å². The number of hydrogen-bond acceptors (Lipinski definition) is 4. The number of methoxy groups -OCH3 is 1. The van der Waals surface area contributed by atoms with Crippen LogP contribution < -0.4 is 10.5 Å². The molecule has 0 amide bonds. The smallest absolute Gasteiger partial charge is 0.163 e. The molecule has 3 N–H and O–H groups in total. The summed E-state index contributed by atoms with van der Waals surface area (Å²) in [6, 6.07) is 4.77. The van der Waals surface area contributed by atoms with Crippen LogP contribution in [0, 0.1) is 11.3 Å². The number of rotatable bonds is 5. The fraction of sp³-hybridized carbons (Fsp3) is 0.308. The minimum atomic E-state index is -0.405. The number of phenolic OH excluding ortho intramolecular Hbond substituents is 1. The molecule has 1 atom stereocenters. The van der Waals surface area contributed by atoms with Crippen LogP contribution in [0.5, 0.6) is 11.5 Å². The van der Waals surface area contributed by atoms with Crippen LogP contribution in [0.2, 0.25) is 0 Å². The lowest BCUT2D eigenvalue weighted by Crippen LogP contribution is -2.12. The molecule has 5 heteroatoms. The molecular formula is C13H17ClN2O2. The number of aromatic hydroxyl groups is 1. The highest BCUT2D eigenvalue weighted by atomic mass is 35.5. The predicted octanol–water partition coefficient (Wildman–Crippen LogP) is 2.66. The third kappa shape index (κ3) is 3.39. The first-order valence-electron chi connectivity index (χ1n) is 5.32. The van der Waals surface area contributed by atoms with Crippen molar-refractivity contribution in [3.05, 3.63) is 35.9 Å². The van der Waals surface area contributed by atoms with Gasteiger partial charge in [0.25, 0.3) is 0 Å². The second-order valence-electron chi connectivity index (χ2n) is 3.66. The van der Waals surface area contributed by atoms with Crippen molar-refractivity contribution in [2.24, 2.45) is 5.73 Å². The summed E-state index contributed by atoms with van der Waals surface area (Å²) in [4.78, 5) is 0. The molecule has 0 aliphatic rings. The lowest BCUT2D eigenvalue weighted by molar-refractivity contribution is 0.367. The summed E-state index contributed by atoms with van der Waals surface area (Å²) in [5.74, 6) is 0.274. The van der Waals surface area contributed by atoms with Gasteiger partial charge in [-0.3, -0.25) is 0 Å². The molecule has 0 saturated heterocycles. The highest BCUT2D eigenvalue weighted by molar-refractivity contribution is 5.85. The number of nitriles is 1. The third-order valence-corrected chi connectivity index (χ3v) is 2.57. The molecule has 98 valence electrons. The van der Waals surface area contributed by atoms with Crippen LogP contribution in [0.25, 0.3) is 0 Å². The third-order valence-electron chi connectivity index (χ3n) is 2.57. The zero-order valence-electron chi connectivity index (χ0n) is 10.2. The van der Waals surface area contributed by atoms with E-state index in [1.54, 1.807) is 18.2 Å². The van der Waals surface area contributed by atoms with E-state index in [2.05, 4.69) is 6.58 Å². The number of nitrogens with zero attached hydrogens (tertiary/aromatic N) is 1. The second kappa shape index (κ2) is 7.59. The van der Waals surface area contributed by atoms with Crippen molar-refractivity contribution in [3.8, 4) is 17.6 Å². The molecule has 1 rings (SSSR count). The van der Waals surface area contributed by atoms with E-state index in [1.807, 2.05) is 6.07 Å². The summed E-state index contributed by atoms with van der Waals surface area (Å²) in [5, 5.41) is 19.0. The molecule has 1 aromatic rings. The van der Waals surface area contributed by atoms with Crippen LogP contribution in [0.4, 0.5) is 0 Å². The van der Waals surface area contributed by atoms with Crippen LogP contribution >= 0.6 is 12.4 Å². The Morgan fingerprint density at radius 1 is 1.61 bits per heavy atom. The molecule has 0 unspecified atom stereocenters. The molecule has 18 heavy (non-hydrogen) atoms. The van der Waals surface area contributed by atoms with Gasteiger partial charge in [-0.2, -0.15) is 5.26 Å². The molecule has 1 aromatic carbocycles. The average Bonchev–Trinajstić information content (AvgIpc) is 2.35. The van der Waals surface area contributed by atoms with Gasteiger partial charge in [0.2, 0.25) is 0 Å². The Balaban J connectivity index is 0.00000289. The van der Waals surface area contributed by atoms with Crippen molar-refractivity contribution in [2.45, 2.75) is 18.9 Å². The maximum absolute atomic E-state index is 9.99. The van der Waals surface area contributed by atoms with Gasteiger partial charge in [-0.1, -0.05) is 6.08 Å². The Morgan fingerprint density at radius 2 is 2.28 bits per heavy atom. The van der Waals surface area contributed by atoms with E-state index in [0.717, 1.165) is 6.42 Å². The first-order valence-corrected chi connectivity index (χ1v) is 5.32. The number of halogens is 1. The van der Waals surface area contributed by atoms with Gasteiger partial charge < -0.3 is 15.6 Å². The Hall–Kier alpha value is -1.70. The highest BCUT2D eigenvalue weighted by Gasteiger charge is 2.18. The summed E-state index contributed by atoms with van der Waals surface area (Å²) < 4.78 is 5.00. The lowest BCUT2D eigenvalue weighted by Gasteiger charge is -2.16. The molecule has 0 bridgehead atoms. The summed E-state index contributed by atoms with van der Waals surface area (Å²) in [6.07, 6.45) is 3.10. The quantitative estimate of drug-likeness (QED) is 0.805. The second-order valence-corrected chi connectivity index (χ2v) is 3.66. The molecule has 0 spiro atoms. The predicted molar refractivity (Wildman–Crippen MR) is 73.0 cm³/mol. The van der Waals surface area contributed by atoms with E-state index in [9.17, 15) is 5.11 Å². The van der Waals surface area contributed by atoms with Crippen molar-refractivity contribution < 1.29 is 9.84 Å². The molecule has 0 fully saturated rings. The van der Waals surface area contributed by atoms with Gasteiger partial charge in [0, 0.05) is 11.6 Å². The van der Waals surface area contributed by atoms with Gasteiger partial charge in [0.05, 0.1) is 18.7 Å². The first kappa shape index (κ1) is 16.3. The van der Waals surface area contributed by atoms with Crippen molar-refractivity contribution in [2.75, 3.05) is 7.11 Å². The maximum Gasteiger partial charge on any atom is 0.163 e. The van der Waals surface area contributed by atoms with Gasteiger partial charge in [0.15, 0.2) is 11.5 Å². The van der Waals surface area contributed by atoms with Crippen molar-refractivity contribution in [1.29, 1.82) is 5.26 Å². The first-order chi connectivity index (χ1) is 8.15. The van der Waals surface area contributed by atoms with Crippen LogP contribution in [0.15, 0.2) is 24.8 Å². The van der Waals surface area contributed by atoms with Crippen LogP contribution in [0.1, 0.15) is 30.0 Å². The molecular weight excluding hydrogens is 252 g/mol. The molecule has 0 aliphatic heterocycles. The minimum absolute atomic E-state index is 0. The number of hydrogen-bond donors (Lipinski definition) is 2. The van der Waals surface area contributed by atoms with E-state index >= 15 is 0 Å². The summed E-state index contributed by atoms with van der Waals surface area (Å²) in [7, 11) is 1.46. The lowest BCUT2D eigenvalue weighted by atomic mass is 9.96. The molecule has 4 nitrogen and oxygen atoms in total. The normalized spacial score (nSPS) is 10.9. The number of nitrogens with two attached hydrogens (primary N) is 1. The SMILES string of the molecule is C=CCC[C@H](N)c1c(C#N)ccc(OC)c1O.Cl. The van der Waals surface area contributed by atoms with E-state index in [0.29, 0.717) is 23.3 Å². The number of ether oxygens (including phenoxy) is 1. The summed E-state index contributed by atoms with van der Waals surface area (Å²) >= 11 is 0. The Labute approximate surface area is 113 Å². The van der Waals surface area contributed by atoms with Crippen molar-refractivity contribution >= 4 is 12.4 Å². The molecule has 0 aliphatic carbocycles. The largest absolute Gasteiger partial charge is 0.504 e. The summed E-state index contributed by atoms with van der Waals surface area (Å²) in [5.41, 5.74) is 6.78. The van der Waals surface area contributed by atoms with E-state index < -0.39 is 6.04 Å². The zero-order valence-corrected chi connectivity index (χ0v) is 11.0. The number of phenols is 1. The number of allylic oxidation sites excluding steroid dienone is 1. The topological polar surface area (TPSA) is 79.3 Å².